The summed E-state index contributed by atoms with van der Waals surface area (Å²) in [5.41, 5.74) is 0.493. The van der Waals surface area contributed by atoms with Crippen LogP contribution in [0.4, 0.5) is 0 Å². The molecule has 1 aromatic rings. The number of nitrogens with zero attached hydrogens (tertiary/aromatic N) is 2. The second-order valence-electron chi connectivity index (χ2n) is 6.55. The Hall–Kier alpha value is -1.59. The van der Waals surface area contributed by atoms with Crippen molar-refractivity contribution < 1.29 is 14.3 Å². The molecule has 23 heavy (non-hydrogen) atoms. The Bertz CT molecular complexity index is 563. The molecule has 1 unspecified atom stereocenters. The first-order valence-corrected chi connectivity index (χ1v) is 8.38. The fraction of sp³-hybridized carbons (Fsp3) is 0.611. The van der Waals surface area contributed by atoms with E-state index in [-0.39, 0.29) is 5.91 Å². The molecule has 0 saturated carbocycles. The summed E-state index contributed by atoms with van der Waals surface area (Å²) >= 11 is 0. The Morgan fingerprint density at radius 2 is 2.09 bits per heavy atom. The van der Waals surface area contributed by atoms with Crippen molar-refractivity contribution in [2.45, 2.75) is 31.4 Å². The van der Waals surface area contributed by atoms with Crippen molar-refractivity contribution in [2.24, 2.45) is 0 Å². The number of methoxy groups -OCH3 is 1. The lowest BCUT2D eigenvalue weighted by Crippen LogP contribution is -2.59. The molecular weight excluding hydrogens is 292 g/mol. The van der Waals surface area contributed by atoms with Crippen molar-refractivity contribution in [3.05, 3.63) is 29.8 Å². The Morgan fingerprint density at radius 1 is 1.26 bits per heavy atom. The fourth-order valence-electron chi connectivity index (χ4n) is 3.66. The van der Waals surface area contributed by atoms with Crippen LogP contribution in [0.15, 0.2) is 24.3 Å². The van der Waals surface area contributed by atoms with Crippen molar-refractivity contribution in [3.63, 3.8) is 0 Å². The zero-order valence-corrected chi connectivity index (χ0v) is 14.1. The van der Waals surface area contributed by atoms with Gasteiger partial charge < -0.3 is 14.4 Å². The molecule has 3 rings (SSSR count). The van der Waals surface area contributed by atoms with Crippen LogP contribution in [-0.2, 0) is 16.1 Å². The SMILES string of the molecule is COc1ccccc1CN1CCOC2(CCCCN(C)C2=O)C1. The highest BCUT2D eigenvalue weighted by Gasteiger charge is 2.45. The molecule has 2 saturated heterocycles. The highest BCUT2D eigenvalue weighted by Crippen LogP contribution is 2.30. The zero-order valence-electron chi connectivity index (χ0n) is 14.1. The molecule has 0 aliphatic carbocycles. The van der Waals surface area contributed by atoms with Crippen LogP contribution < -0.4 is 4.74 Å². The molecule has 2 aliphatic heterocycles. The highest BCUT2D eigenvalue weighted by molar-refractivity contribution is 5.85. The van der Waals surface area contributed by atoms with E-state index in [1.54, 1.807) is 7.11 Å². The minimum atomic E-state index is -0.661. The minimum Gasteiger partial charge on any atom is -0.496 e. The van der Waals surface area contributed by atoms with Gasteiger partial charge in [0.2, 0.25) is 0 Å². The maximum absolute atomic E-state index is 12.8. The number of carbonyl (C=O) groups excluding carboxylic acids is 1. The molecule has 126 valence electrons. The first kappa shape index (κ1) is 16.3. The summed E-state index contributed by atoms with van der Waals surface area (Å²) in [5, 5.41) is 0. The van der Waals surface area contributed by atoms with Crippen LogP contribution in [0.3, 0.4) is 0 Å². The van der Waals surface area contributed by atoms with Crippen LogP contribution in [0.2, 0.25) is 0 Å². The lowest BCUT2D eigenvalue weighted by atomic mass is 9.94. The molecule has 5 nitrogen and oxygen atoms in total. The van der Waals surface area contributed by atoms with Gasteiger partial charge in [-0.1, -0.05) is 18.2 Å². The number of rotatable bonds is 3. The number of likely N-dealkylation sites (tertiary alicyclic amines) is 1. The van der Waals surface area contributed by atoms with Gasteiger partial charge in [-0.3, -0.25) is 9.69 Å². The zero-order chi connectivity index (χ0) is 16.3. The van der Waals surface area contributed by atoms with Gasteiger partial charge >= 0.3 is 0 Å². The average molecular weight is 318 g/mol. The molecule has 2 heterocycles. The monoisotopic (exact) mass is 318 g/mol. The van der Waals surface area contributed by atoms with Crippen LogP contribution in [0.5, 0.6) is 5.75 Å². The highest BCUT2D eigenvalue weighted by atomic mass is 16.5. The predicted molar refractivity (Wildman–Crippen MR) is 88.4 cm³/mol. The Kier molecular flexibility index (Phi) is 4.87. The van der Waals surface area contributed by atoms with Crippen LogP contribution in [0.25, 0.3) is 0 Å². The Labute approximate surface area is 138 Å². The van der Waals surface area contributed by atoms with Crippen molar-refractivity contribution in [1.29, 1.82) is 0 Å². The number of morpholine rings is 1. The van der Waals surface area contributed by atoms with E-state index in [2.05, 4.69) is 11.0 Å². The molecule has 2 aliphatic rings. The first-order chi connectivity index (χ1) is 11.1. The third-order valence-electron chi connectivity index (χ3n) is 4.91. The van der Waals surface area contributed by atoms with Gasteiger partial charge in [0.1, 0.15) is 5.75 Å². The molecule has 2 fully saturated rings. The Morgan fingerprint density at radius 3 is 2.91 bits per heavy atom. The largest absolute Gasteiger partial charge is 0.496 e. The van der Waals surface area contributed by atoms with Gasteiger partial charge in [-0.2, -0.15) is 0 Å². The number of para-hydroxylation sites is 1. The van der Waals surface area contributed by atoms with Crippen LogP contribution in [-0.4, -0.2) is 61.7 Å². The van der Waals surface area contributed by atoms with Gasteiger partial charge in [-0.25, -0.2) is 0 Å². The van der Waals surface area contributed by atoms with Gasteiger partial charge in [0.05, 0.1) is 13.7 Å². The molecular formula is C18H26N2O3. The Balaban J connectivity index is 1.76. The smallest absolute Gasteiger partial charge is 0.255 e. The van der Waals surface area contributed by atoms with Gasteiger partial charge in [0.25, 0.3) is 5.91 Å². The fourth-order valence-corrected chi connectivity index (χ4v) is 3.66. The first-order valence-electron chi connectivity index (χ1n) is 8.38. The van der Waals surface area contributed by atoms with E-state index in [9.17, 15) is 4.79 Å². The number of hydrogen-bond donors (Lipinski definition) is 0. The molecule has 0 N–H and O–H groups in total. The standard InChI is InChI=1S/C18H26N2O3/c1-19-10-6-5-9-18(17(19)21)14-20(11-12-23-18)13-15-7-3-4-8-16(15)22-2/h3-4,7-8H,5-6,9-14H2,1-2H3. The summed E-state index contributed by atoms with van der Waals surface area (Å²) < 4.78 is 11.5. The van der Waals surface area contributed by atoms with E-state index in [1.165, 1.54) is 0 Å². The summed E-state index contributed by atoms with van der Waals surface area (Å²) in [5.74, 6) is 1.04. The number of amides is 1. The van der Waals surface area contributed by atoms with Crippen LogP contribution in [0.1, 0.15) is 24.8 Å². The van der Waals surface area contributed by atoms with Gasteiger partial charge in [0, 0.05) is 38.8 Å². The normalized spacial score (nSPS) is 26.3. The summed E-state index contributed by atoms with van der Waals surface area (Å²) in [4.78, 5) is 16.9. The van der Waals surface area contributed by atoms with E-state index in [1.807, 2.05) is 30.1 Å². The lowest BCUT2D eigenvalue weighted by molar-refractivity contribution is -0.169. The van der Waals surface area contributed by atoms with Crippen molar-refractivity contribution >= 4 is 5.91 Å². The molecule has 0 bridgehead atoms. The molecule has 1 spiro atoms. The molecule has 1 amide bonds. The molecule has 0 aromatic heterocycles. The van der Waals surface area contributed by atoms with E-state index in [0.29, 0.717) is 13.2 Å². The molecule has 5 heteroatoms. The number of carbonyl (C=O) groups is 1. The van der Waals surface area contributed by atoms with E-state index >= 15 is 0 Å². The number of ether oxygens (including phenoxy) is 2. The topological polar surface area (TPSA) is 42.0 Å². The molecule has 1 aromatic carbocycles. The third-order valence-corrected chi connectivity index (χ3v) is 4.91. The quantitative estimate of drug-likeness (QED) is 0.854. The second-order valence-corrected chi connectivity index (χ2v) is 6.55. The summed E-state index contributed by atoms with van der Waals surface area (Å²) in [6.45, 7) is 3.72. The number of likely N-dealkylation sites (N-methyl/N-ethyl adjacent to an activating group) is 1. The predicted octanol–water partition coefficient (Wildman–Crippen LogP) is 1.91. The maximum atomic E-state index is 12.8. The third kappa shape index (κ3) is 3.35. The number of hydrogen-bond acceptors (Lipinski definition) is 4. The van der Waals surface area contributed by atoms with Crippen LogP contribution in [0, 0.1) is 0 Å². The van der Waals surface area contributed by atoms with Gasteiger partial charge in [-0.15, -0.1) is 0 Å². The molecule has 1 atom stereocenters. The lowest BCUT2D eigenvalue weighted by Gasteiger charge is -2.42. The number of benzene rings is 1. The van der Waals surface area contributed by atoms with Crippen LogP contribution >= 0.6 is 0 Å². The van der Waals surface area contributed by atoms with Crippen molar-refractivity contribution in [3.8, 4) is 5.75 Å². The summed E-state index contributed by atoms with van der Waals surface area (Å²) in [6.07, 6.45) is 2.91. The van der Waals surface area contributed by atoms with E-state index < -0.39 is 5.60 Å². The second kappa shape index (κ2) is 6.89. The summed E-state index contributed by atoms with van der Waals surface area (Å²) in [6, 6.07) is 8.07. The molecule has 0 radical (unpaired) electrons. The van der Waals surface area contributed by atoms with Crippen molar-refractivity contribution in [1.82, 2.24) is 9.80 Å². The minimum absolute atomic E-state index is 0.139. The maximum Gasteiger partial charge on any atom is 0.255 e. The van der Waals surface area contributed by atoms with Gasteiger partial charge in [0.15, 0.2) is 5.60 Å². The van der Waals surface area contributed by atoms with E-state index in [0.717, 1.165) is 50.2 Å². The van der Waals surface area contributed by atoms with Gasteiger partial charge in [-0.05, 0) is 25.3 Å². The average Bonchev–Trinajstić information content (AvgIpc) is 2.70. The van der Waals surface area contributed by atoms with E-state index in [4.69, 9.17) is 9.47 Å². The van der Waals surface area contributed by atoms with Crippen molar-refractivity contribution in [2.75, 3.05) is 40.4 Å². The summed E-state index contributed by atoms with van der Waals surface area (Å²) in [7, 11) is 3.58.